The SMILES string of the molecule is COc1cnccc1C1CCCNC1. The minimum absolute atomic E-state index is 0.585. The van der Waals surface area contributed by atoms with E-state index in [1.54, 1.807) is 13.3 Å². The van der Waals surface area contributed by atoms with E-state index >= 15 is 0 Å². The summed E-state index contributed by atoms with van der Waals surface area (Å²) in [4.78, 5) is 4.07. The lowest BCUT2D eigenvalue weighted by atomic mass is 9.92. The van der Waals surface area contributed by atoms with Gasteiger partial charge in [0.1, 0.15) is 5.75 Å². The van der Waals surface area contributed by atoms with Crippen LogP contribution in [0.1, 0.15) is 24.3 Å². The molecule has 1 fully saturated rings. The Hall–Kier alpha value is -1.09. The molecular weight excluding hydrogens is 176 g/mol. The van der Waals surface area contributed by atoms with Crippen LogP contribution in [0.2, 0.25) is 0 Å². The third kappa shape index (κ3) is 1.87. The molecule has 3 heteroatoms. The number of piperidine rings is 1. The molecule has 3 nitrogen and oxygen atoms in total. The number of rotatable bonds is 2. The summed E-state index contributed by atoms with van der Waals surface area (Å²) < 4.78 is 5.31. The number of ether oxygens (including phenoxy) is 1. The molecule has 1 saturated heterocycles. The van der Waals surface area contributed by atoms with Crippen LogP contribution >= 0.6 is 0 Å². The third-order valence-electron chi connectivity index (χ3n) is 2.77. The van der Waals surface area contributed by atoms with Gasteiger partial charge in [0, 0.05) is 24.2 Å². The second kappa shape index (κ2) is 4.42. The highest BCUT2D eigenvalue weighted by Gasteiger charge is 2.18. The zero-order chi connectivity index (χ0) is 9.80. The van der Waals surface area contributed by atoms with E-state index in [-0.39, 0.29) is 0 Å². The smallest absolute Gasteiger partial charge is 0.140 e. The molecule has 0 radical (unpaired) electrons. The average molecular weight is 192 g/mol. The molecule has 0 bridgehead atoms. The van der Waals surface area contributed by atoms with Crippen LogP contribution in [0.25, 0.3) is 0 Å². The van der Waals surface area contributed by atoms with Gasteiger partial charge in [-0.3, -0.25) is 4.98 Å². The molecule has 1 atom stereocenters. The molecule has 0 aromatic carbocycles. The van der Waals surface area contributed by atoms with E-state index in [0.717, 1.165) is 18.8 Å². The maximum atomic E-state index is 5.31. The molecule has 1 unspecified atom stereocenters. The predicted octanol–water partition coefficient (Wildman–Crippen LogP) is 1.56. The second-order valence-corrected chi connectivity index (χ2v) is 3.66. The molecule has 14 heavy (non-hydrogen) atoms. The highest BCUT2D eigenvalue weighted by molar-refractivity contribution is 5.33. The fraction of sp³-hybridized carbons (Fsp3) is 0.545. The van der Waals surface area contributed by atoms with E-state index in [9.17, 15) is 0 Å². The van der Waals surface area contributed by atoms with Gasteiger partial charge in [0.2, 0.25) is 0 Å². The molecule has 2 heterocycles. The van der Waals surface area contributed by atoms with Gasteiger partial charge in [0.25, 0.3) is 0 Å². The summed E-state index contributed by atoms with van der Waals surface area (Å²) in [7, 11) is 1.71. The number of aromatic nitrogens is 1. The molecule has 0 amide bonds. The van der Waals surface area contributed by atoms with E-state index in [4.69, 9.17) is 4.74 Å². The van der Waals surface area contributed by atoms with Crippen molar-refractivity contribution in [1.82, 2.24) is 10.3 Å². The Morgan fingerprint density at radius 2 is 2.50 bits per heavy atom. The number of nitrogens with zero attached hydrogens (tertiary/aromatic N) is 1. The van der Waals surface area contributed by atoms with Gasteiger partial charge in [-0.25, -0.2) is 0 Å². The standard InChI is InChI=1S/C11H16N2O/c1-14-11-8-13-6-4-10(11)9-3-2-5-12-7-9/h4,6,8-9,12H,2-3,5,7H2,1H3. The van der Waals surface area contributed by atoms with Crippen molar-refractivity contribution in [1.29, 1.82) is 0 Å². The number of methoxy groups -OCH3 is 1. The lowest BCUT2D eigenvalue weighted by Gasteiger charge is -2.24. The van der Waals surface area contributed by atoms with Gasteiger partial charge >= 0.3 is 0 Å². The first-order valence-electron chi connectivity index (χ1n) is 5.10. The van der Waals surface area contributed by atoms with Crippen LogP contribution in [0.3, 0.4) is 0 Å². The molecule has 1 aromatic heterocycles. The molecule has 0 saturated carbocycles. The van der Waals surface area contributed by atoms with E-state index in [0.29, 0.717) is 5.92 Å². The normalized spacial score (nSPS) is 21.9. The first kappa shape index (κ1) is 9.46. The largest absolute Gasteiger partial charge is 0.495 e. The van der Waals surface area contributed by atoms with E-state index < -0.39 is 0 Å². The van der Waals surface area contributed by atoms with Crippen LogP contribution in [-0.4, -0.2) is 25.2 Å². The summed E-state index contributed by atoms with van der Waals surface area (Å²) in [5.74, 6) is 1.50. The zero-order valence-corrected chi connectivity index (χ0v) is 8.49. The van der Waals surface area contributed by atoms with Gasteiger partial charge in [0.05, 0.1) is 13.3 Å². The third-order valence-corrected chi connectivity index (χ3v) is 2.77. The van der Waals surface area contributed by atoms with Gasteiger partial charge in [-0.1, -0.05) is 0 Å². The van der Waals surface area contributed by atoms with Crippen LogP contribution in [-0.2, 0) is 0 Å². The predicted molar refractivity (Wildman–Crippen MR) is 55.6 cm³/mol. The topological polar surface area (TPSA) is 34.1 Å². The highest BCUT2D eigenvalue weighted by Crippen LogP contribution is 2.29. The Morgan fingerprint density at radius 1 is 1.57 bits per heavy atom. The fourth-order valence-electron chi connectivity index (χ4n) is 2.02. The molecular formula is C11H16N2O. The average Bonchev–Trinajstić information content (AvgIpc) is 2.30. The summed E-state index contributed by atoms with van der Waals surface area (Å²) in [6.45, 7) is 2.20. The van der Waals surface area contributed by atoms with Crippen molar-refractivity contribution in [3.63, 3.8) is 0 Å². The minimum Gasteiger partial charge on any atom is -0.495 e. The quantitative estimate of drug-likeness (QED) is 0.772. The Bertz CT molecular complexity index is 295. The van der Waals surface area contributed by atoms with E-state index in [1.807, 2.05) is 6.20 Å². The van der Waals surface area contributed by atoms with Gasteiger partial charge in [-0.15, -0.1) is 0 Å². The number of hydrogen-bond donors (Lipinski definition) is 1. The number of nitrogens with one attached hydrogen (secondary N) is 1. The molecule has 0 aliphatic carbocycles. The number of hydrogen-bond acceptors (Lipinski definition) is 3. The maximum Gasteiger partial charge on any atom is 0.140 e. The summed E-state index contributed by atoms with van der Waals surface area (Å²) in [5.41, 5.74) is 1.29. The van der Waals surface area contributed by atoms with Crippen LogP contribution in [0.15, 0.2) is 18.5 Å². The van der Waals surface area contributed by atoms with Crippen molar-refractivity contribution < 1.29 is 4.74 Å². The van der Waals surface area contributed by atoms with Gasteiger partial charge in [-0.05, 0) is 25.5 Å². The number of pyridine rings is 1. The molecule has 0 spiro atoms. The summed E-state index contributed by atoms with van der Waals surface area (Å²) in [6, 6.07) is 2.07. The van der Waals surface area contributed by atoms with Crippen LogP contribution in [0, 0.1) is 0 Å². The first-order valence-corrected chi connectivity index (χ1v) is 5.10. The van der Waals surface area contributed by atoms with Gasteiger partial charge in [-0.2, -0.15) is 0 Å². The lowest BCUT2D eigenvalue weighted by Crippen LogP contribution is -2.28. The molecule has 1 aliphatic rings. The van der Waals surface area contributed by atoms with Gasteiger partial charge < -0.3 is 10.1 Å². The van der Waals surface area contributed by atoms with Gasteiger partial charge in [0.15, 0.2) is 0 Å². The Balaban J connectivity index is 2.20. The first-order chi connectivity index (χ1) is 6.92. The van der Waals surface area contributed by atoms with Crippen molar-refractivity contribution in [2.75, 3.05) is 20.2 Å². The monoisotopic (exact) mass is 192 g/mol. The minimum atomic E-state index is 0.585. The molecule has 1 aliphatic heterocycles. The van der Waals surface area contributed by atoms with Crippen LogP contribution < -0.4 is 10.1 Å². The lowest BCUT2D eigenvalue weighted by molar-refractivity contribution is 0.390. The summed E-state index contributed by atoms with van der Waals surface area (Å²) in [5, 5.41) is 3.41. The second-order valence-electron chi connectivity index (χ2n) is 3.66. The van der Waals surface area contributed by atoms with Crippen molar-refractivity contribution in [2.45, 2.75) is 18.8 Å². The maximum absolute atomic E-state index is 5.31. The Morgan fingerprint density at radius 3 is 3.21 bits per heavy atom. The zero-order valence-electron chi connectivity index (χ0n) is 8.49. The molecule has 1 aromatic rings. The van der Waals surface area contributed by atoms with Crippen LogP contribution in [0.4, 0.5) is 0 Å². The fourth-order valence-corrected chi connectivity index (χ4v) is 2.02. The van der Waals surface area contributed by atoms with Crippen LogP contribution in [0.5, 0.6) is 5.75 Å². The van der Waals surface area contributed by atoms with Crippen molar-refractivity contribution in [3.8, 4) is 5.75 Å². The molecule has 1 N–H and O–H groups in total. The van der Waals surface area contributed by atoms with E-state index in [2.05, 4.69) is 16.4 Å². The highest BCUT2D eigenvalue weighted by atomic mass is 16.5. The summed E-state index contributed by atoms with van der Waals surface area (Å²) >= 11 is 0. The molecule has 2 rings (SSSR count). The Labute approximate surface area is 84.5 Å². The van der Waals surface area contributed by atoms with E-state index in [1.165, 1.54) is 18.4 Å². The Kier molecular flexibility index (Phi) is 2.99. The van der Waals surface area contributed by atoms with Crippen molar-refractivity contribution in [3.05, 3.63) is 24.0 Å². The van der Waals surface area contributed by atoms with Crippen molar-refractivity contribution in [2.24, 2.45) is 0 Å². The van der Waals surface area contributed by atoms with Crippen molar-refractivity contribution >= 4 is 0 Å². The molecule has 76 valence electrons. The summed E-state index contributed by atoms with van der Waals surface area (Å²) in [6.07, 6.45) is 6.12.